The van der Waals surface area contributed by atoms with Crippen molar-refractivity contribution in [2.75, 3.05) is 0 Å². The summed E-state index contributed by atoms with van der Waals surface area (Å²) >= 11 is 0. The SMILES string of the molecule is [K+].c1ccc(-c2cccc3c2[CH-]c2ccccc2O3)cc1. The van der Waals surface area contributed by atoms with E-state index in [-0.39, 0.29) is 51.4 Å². The molecule has 0 bridgehead atoms. The molecular formula is C19H13KO. The van der Waals surface area contributed by atoms with Crippen LogP contribution in [0.5, 0.6) is 11.5 Å². The molecule has 3 aromatic carbocycles. The van der Waals surface area contributed by atoms with Crippen molar-refractivity contribution in [3.05, 3.63) is 90.3 Å². The van der Waals surface area contributed by atoms with Crippen LogP contribution in [0.1, 0.15) is 11.1 Å². The monoisotopic (exact) mass is 296 g/mol. The summed E-state index contributed by atoms with van der Waals surface area (Å²) in [4.78, 5) is 0. The van der Waals surface area contributed by atoms with Crippen molar-refractivity contribution in [3.8, 4) is 22.6 Å². The first kappa shape index (κ1) is 14.9. The third-order valence-electron chi connectivity index (χ3n) is 3.59. The largest absolute Gasteiger partial charge is 1.00 e. The molecule has 0 N–H and O–H groups in total. The molecule has 2 heteroatoms. The second-order valence-corrected chi connectivity index (χ2v) is 4.87. The van der Waals surface area contributed by atoms with Crippen LogP contribution in [-0.4, -0.2) is 0 Å². The summed E-state index contributed by atoms with van der Waals surface area (Å²) in [5.74, 6) is 1.84. The summed E-state index contributed by atoms with van der Waals surface area (Å²) in [5, 5.41) is 0. The first-order valence-corrected chi connectivity index (χ1v) is 6.72. The molecule has 3 aromatic rings. The van der Waals surface area contributed by atoms with Crippen molar-refractivity contribution in [2.24, 2.45) is 0 Å². The van der Waals surface area contributed by atoms with Gasteiger partial charge in [0.1, 0.15) is 0 Å². The molecule has 1 heterocycles. The number of hydrogen-bond acceptors (Lipinski definition) is 1. The van der Waals surface area contributed by atoms with Crippen LogP contribution in [0.4, 0.5) is 0 Å². The summed E-state index contributed by atoms with van der Waals surface area (Å²) in [7, 11) is 0. The molecule has 0 saturated heterocycles. The molecule has 0 saturated carbocycles. The zero-order valence-corrected chi connectivity index (χ0v) is 15.0. The molecule has 96 valence electrons. The van der Waals surface area contributed by atoms with Gasteiger partial charge in [-0.05, 0) is 0 Å². The minimum atomic E-state index is 0. The fourth-order valence-electron chi connectivity index (χ4n) is 2.62. The van der Waals surface area contributed by atoms with Crippen LogP contribution in [0.2, 0.25) is 0 Å². The molecule has 0 radical (unpaired) electrons. The van der Waals surface area contributed by atoms with Gasteiger partial charge in [0.05, 0.1) is 11.5 Å². The maximum absolute atomic E-state index is 6.01. The maximum Gasteiger partial charge on any atom is 1.00 e. The Hall–Kier alpha value is -1.03. The molecule has 1 nitrogen and oxygen atoms in total. The fourth-order valence-corrected chi connectivity index (χ4v) is 2.62. The van der Waals surface area contributed by atoms with Crippen molar-refractivity contribution in [1.82, 2.24) is 0 Å². The van der Waals surface area contributed by atoms with Gasteiger partial charge < -0.3 is 4.74 Å². The Morgan fingerprint density at radius 3 is 2.24 bits per heavy atom. The number of hydrogen-bond donors (Lipinski definition) is 0. The smallest absolute Gasteiger partial charge is 0.527 e. The molecule has 1 aliphatic heterocycles. The molecule has 0 amide bonds. The van der Waals surface area contributed by atoms with E-state index in [0.29, 0.717) is 0 Å². The summed E-state index contributed by atoms with van der Waals surface area (Å²) in [5.41, 5.74) is 4.70. The van der Waals surface area contributed by atoms with Gasteiger partial charge in [0, 0.05) is 0 Å². The first-order chi connectivity index (χ1) is 9.92. The van der Waals surface area contributed by atoms with E-state index in [2.05, 4.69) is 42.8 Å². The summed E-state index contributed by atoms with van der Waals surface area (Å²) in [6.07, 6.45) is 2.20. The van der Waals surface area contributed by atoms with Gasteiger partial charge in [0.25, 0.3) is 0 Å². The van der Waals surface area contributed by atoms with Crippen LogP contribution in [0.15, 0.2) is 72.8 Å². The second kappa shape index (κ2) is 6.38. The molecule has 0 unspecified atom stereocenters. The van der Waals surface area contributed by atoms with Crippen LogP contribution in [0, 0.1) is 6.42 Å². The fraction of sp³-hybridized carbons (Fsp3) is 0. The Morgan fingerprint density at radius 2 is 1.38 bits per heavy atom. The topological polar surface area (TPSA) is 9.23 Å². The quantitative estimate of drug-likeness (QED) is 0.386. The number of fused-ring (bicyclic) bond motifs is 2. The maximum atomic E-state index is 6.01. The van der Waals surface area contributed by atoms with Crippen molar-refractivity contribution in [2.45, 2.75) is 0 Å². The van der Waals surface area contributed by atoms with Gasteiger partial charge in [-0.25, -0.2) is 0 Å². The van der Waals surface area contributed by atoms with E-state index < -0.39 is 0 Å². The van der Waals surface area contributed by atoms with Crippen molar-refractivity contribution < 1.29 is 56.1 Å². The minimum Gasteiger partial charge on any atom is -0.527 e. The molecule has 21 heavy (non-hydrogen) atoms. The standard InChI is InChI=1S/C19H13O.K/c1-2-7-14(8-3-1)16-10-6-12-19-17(16)13-15-9-4-5-11-18(15)20-19;/h1-13H;/q-1;+1. The van der Waals surface area contributed by atoms with Crippen molar-refractivity contribution in [3.63, 3.8) is 0 Å². The first-order valence-electron chi connectivity index (χ1n) is 6.72. The van der Waals surface area contributed by atoms with E-state index in [1.165, 1.54) is 11.1 Å². The summed E-state index contributed by atoms with van der Waals surface area (Å²) in [6.45, 7) is 0. The zero-order chi connectivity index (χ0) is 13.4. The Labute approximate surface area is 167 Å². The van der Waals surface area contributed by atoms with Crippen molar-refractivity contribution >= 4 is 0 Å². The summed E-state index contributed by atoms with van der Waals surface area (Å²) in [6, 6.07) is 24.7. The molecular weight excluding hydrogens is 283 g/mol. The molecule has 0 aromatic heterocycles. The van der Waals surface area contributed by atoms with Gasteiger partial charge in [-0.15, -0.1) is 12.5 Å². The Morgan fingerprint density at radius 1 is 0.667 bits per heavy atom. The normalized spacial score (nSPS) is 11.2. The summed E-state index contributed by atoms with van der Waals surface area (Å²) < 4.78 is 6.01. The van der Waals surface area contributed by atoms with Crippen molar-refractivity contribution in [1.29, 1.82) is 0 Å². The van der Waals surface area contributed by atoms with E-state index >= 15 is 0 Å². The van der Waals surface area contributed by atoms with Crippen LogP contribution < -0.4 is 56.1 Å². The second-order valence-electron chi connectivity index (χ2n) is 4.87. The van der Waals surface area contributed by atoms with E-state index in [1.807, 2.05) is 36.4 Å². The predicted molar refractivity (Wildman–Crippen MR) is 80.9 cm³/mol. The number of para-hydroxylation sites is 1. The Balaban J connectivity index is 0.00000132. The van der Waals surface area contributed by atoms with Gasteiger partial charge in [-0.3, -0.25) is 0 Å². The average molecular weight is 296 g/mol. The van der Waals surface area contributed by atoms with Crippen LogP contribution >= 0.6 is 0 Å². The Bertz CT molecular complexity index is 766. The van der Waals surface area contributed by atoms with Gasteiger partial charge in [0.2, 0.25) is 0 Å². The van der Waals surface area contributed by atoms with E-state index in [9.17, 15) is 0 Å². The van der Waals surface area contributed by atoms with Gasteiger partial charge in [-0.1, -0.05) is 89.0 Å². The number of ether oxygens (including phenoxy) is 1. The number of rotatable bonds is 1. The minimum absolute atomic E-state index is 0. The Kier molecular flexibility index (Phi) is 4.53. The van der Waals surface area contributed by atoms with Gasteiger partial charge >= 0.3 is 51.4 Å². The average Bonchev–Trinajstić information content (AvgIpc) is 2.53. The van der Waals surface area contributed by atoms with E-state index in [0.717, 1.165) is 22.6 Å². The molecule has 1 aliphatic rings. The zero-order valence-electron chi connectivity index (χ0n) is 11.9. The van der Waals surface area contributed by atoms with Gasteiger partial charge in [0.15, 0.2) is 0 Å². The van der Waals surface area contributed by atoms with Crippen LogP contribution in [-0.2, 0) is 0 Å². The van der Waals surface area contributed by atoms with E-state index in [4.69, 9.17) is 4.74 Å². The van der Waals surface area contributed by atoms with Gasteiger partial charge in [-0.2, -0.15) is 0 Å². The third-order valence-corrected chi connectivity index (χ3v) is 3.59. The predicted octanol–water partition coefficient (Wildman–Crippen LogP) is 2.06. The number of benzene rings is 3. The molecule has 0 atom stereocenters. The van der Waals surface area contributed by atoms with E-state index in [1.54, 1.807) is 0 Å². The molecule has 4 rings (SSSR count). The molecule has 0 spiro atoms. The molecule has 0 fully saturated rings. The third kappa shape index (κ3) is 2.82. The molecule has 0 aliphatic carbocycles. The van der Waals surface area contributed by atoms with Crippen LogP contribution in [0.25, 0.3) is 11.1 Å². The van der Waals surface area contributed by atoms with Crippen LogP contribution in [0.3, 0.4) is 0 Å².